The maximum atomic E-state index is 8.44. The first-order chi connectivity index (χ1) is 4.35. The van der Waals surface area contributed by atoms with E-state index in [2.05, 4.69) is 6.07 Å². The second kappa shape index (κ2) is 5.93. The quantitative estimate of drug-likeness (QED) is 0.640. The lowest BCUT2D eigenvalue weighted by Crippen LogP contribution is -2.06. The summed E-state index contributed by atoms with van der Waals surface area (Å²) in [7, 11) is 0. The van der Waals surface area contributed by atoms with E-state index in [1.807, 2.05) is 6.92 Å². The van der Waals surface area contributed by atoms with Crippen molar-refractivity contribution in [3.05, 3.63) is 0 Å². The zero-order valence-electron chi connectivity index (χ0n) is 5.63. The van der Waals surface area contributed by atoms with E-state index in [9.17, 15) is 0 Å². The van der Waals surface area contributed by atoms with Crippen molar-refractivity contribution in [2.75, 3.05) is 12.3 Å². The molecule has 9 heavy (non-hydrogen) atoms. The Morgan fingerprint density at radius 3 is 2.78 bits per heavy atom. The number of nitriles is 1. The van der Waals surface area contributed by atoms with Gasteiger partial charge in [0.1, 0.15) is 0 Å². The lowest BCUT2D eigenvalue weighted by molar-refractivity contribution is 0.981. The normalized spacial score (nSPS) is 12.6. The summed E-state index contributed by atoms with van der Waals surface area (Å²) >= 11 is 1.64. The van der Waals surface area contributed by atoms with E-state index < -0.39 is 0 Å². The molecule has 0 saturated heterocycles. The number of hydrogen-bond donors (Lipinski definition) is 1. The minimum atomic E-state index is 0.147. The Morgan fingerprint density at radius 1 is 1.78 bits per heavy atom. The maximum Gasteiger partial charge on any atom is 0.0914 e. The topological polar surface area (TPSA) is 49.8 Å². The van der Waals surface area contributed by atoms with E-state index in [4.69, 9.17) is 11.0 Å². The molecule has 1 unspecified atom stereocenters. The molecule has 0 aromatic carbocycles. The molecule has 0 aromatic rings. The molecule has 3 heteroatoms. The van der Waals surface area contributed by atoms with E-state index in [1.54, 1.807) is 11.8 Å². The summed E-state index contributed by atoms with van der Waals surface area (Å²) in [6.45, 7) is 2.68. The molecule has 0 amide bonds. The van der Waals surface area contributed by atoms with Crippen LogP contribution < -0.4 is 5.73 Å². The molecule has 0 heterocycles. The van der Waals surface area contributed by atoms with Gasteiger partial charge < -0.3 is 5.73 Å². The maximum absolute atomic E-state index is 8.44. The largest absolute Gasteiger partial charge is 0.330 e. The summed E-state index contributed by atoms with van der Waals surface area (Å²) in [4.78, 5) is 0. The summed E-state index contributed by atoms with van der Waals surface area (Å²) in [5, 5.41) is 8.59. The fraction of sp³-hybridized carbons (Fsp3) is 0.833. The van der Waals surface area contributed by atoms with Crippen LogP contribution in [0.4, 0.5) is 0 Å². The van der Waals surface area contributed by atoms with Crippen LogP contribution in [-0.2, 0) is 0 Å². The van der Waals surface area contributed by atoms with Crippen molar-refractivity contribution >= 4 is 11.8 Å². The Balaban J connectivity index is 3.23. The minimum absolute atomic E-state index is 0.147. The molecule has 52 valence electrons. The van der Waals surface area contributed by atoms with Crippen molar-refractivity contribution < 1.29 is 0 Å². The third-order valence-electron chi connectivity index (χ3n) is 0.952. The molecule has 0 spiro atoms. The lowest BCUT2D eigenvalue weighted by atomic mass is 10.4. The summed E-state index contributed by atoms with van der Waals surface area (Å²) < 4.78 is 0. The van der Waals surface area contributed by atoms with Crippen LogP contribution in [-0.4, -0.2) is 17.5 Å². The van der Waals surface area contributed by atoms with E-state index in [1.165, 1.54) is 0 Å². The molecular formula is C6H12N2S. The fourth-order valence-corrected chi connectivity index (χ4v) is 1.19. The molecule has 0 aliphatic rings. The standard InChI is InChI=1S/C6H12N2S/c1-2-6(5-8)9-4-3-7/h6H,2-4,7H2,1H3. The monoisotopic (exact) mass is 144 g/mol. The Hall–Kier alpha value is -0.200. The molecular weight excluding hydrogens is 132 g/mol. The van der Waals surface area contributed by atoms with Gasteiger partial charge in [-0.3, -0.25) is 0 Å². The molecule has 2 N–H and O–H groups in total. The summed E-state index contributed by atoms with van der Waals surface area (Å²) in [6, 6.07) is 2.19. The van der Waals surface area contributed by atoms with Gasteiger partial charge in [-0.2, -0.15) is 5.26 Å². The van der Waals surface area contributed by atoms with Crippen molar-refractivity contribution in [2.24, 2.45) is 5.73 Å². The van der Waals surface area contributed by atoms with E-state index in [0.717, 1.165) is 12.2 Å². The molecule has 0 fully saturated rings. The van der Waals surface area contributed by atoms with E-state index in [-0.39, 0.29) is 5.25 Å². The summed E-state index contributed by atoms with van der Waals surface area (Å²) in [5.74, 6) is 0.895. The first-order valence-electron chi connectivity index (χ1n) is 3.06. The molecule has 0 saturated carbocycles. The number of nitrogens with zero attached hydrogens (tertiary/aromatic N) is 1. The van der Waals surface area contributed by atoms with Crippen molar-refractivity contribution in [3.8, 4) is 6.07 Å². The first kappa shape index (κ1) is 8.80. The highest BCUT2D eigenvalue weighted by atomic mass is 32.2. The minimum Gasteiger partial charge on any atom is -0.330 e. The molecule has 0 bridgehead atoms. The SMILES string of the molecule is CCC(C#N)SCCN. The second-order valence-corrected chi connectivity index (χ2v) is 3.00. The van der Waals surface area contributed by atoms with Crippen molar-refractivity contribution in [1.29, 1.82) is 5.26 Å². The van der Waals surface area contributed by atoms with Gasteiger partial charge in [-0.1, -0.05) is 6.92 Å². The van der Waals surface area contributed by atoms with Crippen LogP contribution in [0.1, 0.15) is 13.3 Å². The highest BCUT2D eigenvalue weighted by molar-refractivity contribution is 8.00. The molecule has 0 aromatic heterocycles. The third kappa shape index (κ3) is 4.31. The van der Waals surface area contributed by atoms with Gasteiger partial charge in [0.05, 0.1) is 11.3 Å². The summed E-state index contributed by atoms with van der Waals surface area (Å²) in [6.07, 6.45) is 0.918. The van der Waals surface area contributed by atoms with Crippen LogP contribution in [0.3, 0.4) is 0 Å². The highest BCUT2D eigenvalue weighted by Gasteiger charge is 2.01. The predicted molar refractivity (Wildman–Crippen MR) is 41.2 cm³/mol. The Labute approximate surface area is 60.4 Å². The van der Waals surface area contributed by atoms with Crippen LogP contribution in [0.15, 0.2) is 0 Å². The lowest BCUT2D eigenvalue weighted by Gasteiger charge is -2.01. The van der Waals surface area contributed by atoms with Crippen molar-refractivity contribution in [2.45, 2.75) is 18.6 Å². The van der Waals surface area contributed by atoms with Crippen LogP contribution in [0.2, 0.25) is 0 Å². The average Bonchev–Trinajstić information content (AvgIpc) is 1.91. The molecule has 0 radical (unpaired) electrons. The number of rotatable bonds is 4. The molecule has 2 nitrogen and oxygen atoms in total. The van der Waals surface area contributed by atoms with Gasteiger partial charge in [0.25, 0.3) is 0 Å². The molecule has 0 aliphatic carbocycles. The third-order valence-corrected chi connectivity index (χ3v) is 2.26. The van der Waals surface area contributed by atoms with E-state index in [0.29, 0.717) is 6.54 Å². The van der Waals surface area contributed by atoms with Crippen LogP contribution in [0, 0.1) is 11.3 Å². The van der Waals surface area contributed by atoms with Gasteiger partial charge in [0, 0.05) is 12.3 Å². The van der Waals surface area contributed by atoms with Gasteiger partial charge in [-0.15, -0.1) is 11.8 Å². The Kier molecular flexibility index (Phi) is 5.80. The van der Waals surface area contributed by atoms with Gasteiger partial charge in [0.2, 0.25) is 0 Å². The first-order valence-corrected chi connectivity index (χ1v) is 4.11. The van der Waals surface area contributed by atoms with Gasteiger partial charge >= 0.3 is 0 Å². The average molecular weight is 144 g/mol. The number of thioether (sulfide) groups is 1. The predicted octanol–water partition coefficient (Wildman–Crippen LogP) is 0.980. The second-order valence-electron chi connectivity index (χ2n) is 1.69. The number of nitrogens with two attached hydrogens (primary N) is 1. The van der Waals surface area contributed by atoms with Crippen molar-refractivity contribution in [1.82, 2.24) is 0 Å². The van der Waals surface area contributed by atoms with Gasteiger partial charge in [-0.25, -0.2) is 0 Å². The zero-order chi connectivity index (χ0) is 7.11. The zero-order valence-corrected chi connectivity index (χ0v) is 6.45. The Bertz CT molecular complexity index is 97.7. The molecule has 0 aliphatic heterocycles. The molecule has 1 atom stereocenters. The van der Waals surface area contributed by atoms with E-state index >= 15 is 0 Å². The Morgan fingerprint density at radius 2 is 2.44 bits per heavy atom. The van der Waals surface area contributed by atoms with Crippen LogP contribution in [0.5, 0.6) is 0 Å². The van der Waals surface area contributed by atoms with Crippen molar-refractivity contribution in [3.63, 3.8) is 0 Å². The van der Waals surface area contributed by atoms with Crippen LogP contribution in [0.25, 0.3) is 0 Å². The summed E-state index contributed by atoms with van der Waals surface area (Å²) in [5.41, 5.74) is 5.26. The number of hydrogen-bond acceptors (Lipinski definition) is 3. The van der Waals surface area contributed by atoms with Gasteiger partial charge in [0.15, 0.2) is 0 Å². The highest BCUT2D eigenvalue weighted by Crippen LogP contribution is 2.11. The fourth-order valence-electron chi connectivity index (χ4n) is 0.457. The van der Waals surface area contributed by atoms with Crippen LogP contribution >= 0.6 is 11.8 Å². The smallest absolute Gasteiger partial charge is 0.0914 e. The van der Waals surface area contributed by atoms with Gasteiger partial charge in [-0.05, 0) is 6.42 Å². The molecule has 0 rings (SSSR count).